The van der Waals surface area contributed by atoms with Gasteiger partial charge in [0, 0.05) is 27.4 Å². The highest BCUT2D eigenvalue weighted by Crippen LogP contribution is 2.33. The molecule has 0 spiro atoms. The number of hydrogen-bond donors (Lipinski definition) is 0. The molecule has 1 nitrogen and oxygen atoms in total. The van der Waals surface area contributed by atoms with Gasteiger partial charge in [0.15, 0.2) is 5.78 Å². The first-order valence-electron chi connectivity index (χ1n) is 6.21. The molecule has 1 aliphatic rings. The van der Waals surface area contributed by atoms with Gasteiger partial charge in [-0.05, 0) is 24.6 Å². The van der Waals surface area contributed by atoms with E-state index in [0.717, 1.165) is 11.0 Å². The average Bonchev–Trinajstić information content (AvgIpc) is 2.55. The first-order valence-corrected chi connectivity index (χ1v) is 7.19. The van der Waals surface area contributed by atoms with E-state index in [-0.39, 0.29) is 5.78 Å². The molecule has 0 unspecified atom stereocenters. The van der Waals surface area contributed by atoms with Crippen LogP contribution in [0.1, 0.15) is 17.3 Å². The zero-order valence-corrected chi connectivity index (χ0v) is 12.1. The summed E-state index contributed by atoms with van der Waals surface area (Å²) in [5, 5.41) is 0. The largest absolute Gasteiger partial charge is 0.415 e. The summed E-state index contributed by atoms with van der Waals surface area (Å²) in [7, 11) is 0. The van der Waals surface area contributed by atoms with Crippen LogP contribution in [0.25, 0.3) is 0 Å². The third kappa shape index (κ3) is 3.47. The Balaban J connectivity index is 2.31. The topological polar surface area (TPSA) is 17.1 Å². The smallest absolute Gasteiger partial charge is 0.289 e. The highest BCUT2D eigenvalue weighted by atomic mass is 32.2. The van der Waals surface area contributed by atoms with Crippen LogP contribution in [0.3, 0.4) is 0 Å². The first kappa shape index (κ1) is 15.6. The second-order valence-electron chi connectivity index (χ2n) is 4.62. The van der Waals surface area contributed by atoms with Crippen LogP contribution in [0.5, 0.6) is 0 Å². The van der Waals surface area contributed by atoms with Crippen molar-refractivity contribution >= 4 is 17.5 Å². The van der Waals surface area contributed by atoms with E-state index >= 15 is 0 Å². The summed E-state index contributed by atoms with van der Waals surface area (Å²) in [6.07, 6.45) is -2.19. The number of rotatable bonds is 2. The van der Waals surface area contributed by atoms with Crippen molar-refractivity contribution in [1.29, 1.82) is 0 Å². The van der Waals surface area contributed by atoms with E-state index in [9.17, 15) is 18.0 Å². The maximum Gasteiger partial charge on any atom is 0.415 e. The second kappa shape index (κ2) is 5.93. The van der Waals surface area contributed by atoms with E-state index < -0.39 is 11.7 Å². The molecule has 1 aromatic carbocycles. The fraction of sp³-hybridized carbons (Fsp3) is 0.188. The van der Waals surface area contributed by atoms with Gasteiger partial charge >= 0.3 is 6.18 Å². The lowest BCUT2D eigenvalue weighted by Gasteiger charge is -2.06. The van der Waals surface area contributed by atoms with Gasteiger partial charge < -0.3 is 0 Å². The number of benzene rings is 1. The normalized spacial score (nSPS) is 16.1. The molecule has 0 aliphatic carbocycles. The van der Waals surface area contributed by atoms with Gasteiger partial charge in [0.25, 0.3) is 0 Å². The molecule has 0 fully saturated rings. The molecule has 1 heterocycles. The SMILES string of the molecule is C=C(/C=C\C1=C(C)C(=O)c2ccccc2SC1)C(F)(F)F. The van der Waals surface area contributed by atoms with Gasteiger partial charge in [-0.1, -0.05) is 30.9 Å². The standard InChI is InChI=1S/C16H13F3OS/c1-10(16(17,18)19)7-8-12-9-21-14-6-4-3-5-13(14)15(20)11(12)2/h3-8H,1,9H2,2H3/b8-7-. The van der Waals surface area contributed by atoms with E-state index in [0.29, 0.717) is 22.5 Å². The van der Waals surface area contributed by atoms with Crippen molar-refractivity contribution < 1.29 is 18.0 Å². The highest BCUT2D eigenvalue weighted by molar-refractivity contribution is 7.99. The Kier molecular flexibility index (Phi) is 4.42. The third-order valence-corrected chi connectivity index (χ3v) is 4.31. The van der Waals surface area contributed by atoms with Crippen molar-refractivity contribution in [3.8, 4) is 0 Å². The number of thioether (sulfide) groups is 1. The zero-order valence-electron chi connectivity index (χ0n) is 11.3. The van der Waals surface area contributed by atoms with Crippen LogP contribution in [0.15, 0.2) is 64.6 Å². The maximum absolute atomic E-state index is 12.4. The summed E-state index contributed by atoms with van der Waals surface area (Å²) in [5.74, 6) is 0.309. The molecule has 0 radical (unpaired) electrons. The molecule has 0 atom stereocenters. The van der Waals surface area contributed by atoms with E-state index in [1.54, 1.807) is 19.1 Å². The molecule has 0 saturated carbocycles. The van der Waals surface area contributed by atoms with Crippen LogP contribution in [-0.2, 0) is 0 Å². The summed E-state index contributed by atoms with van der Waals surface area (Å²) in [6, 6.07) is 7.18. The van der Waals surface area contributed by atoms with Crippen LogP contribution >= 0.6 is 11.8 Å². The quantitative estimate of drug-likeness (QED) is 0.718. The Hall–Kier alpha value is -1.75. The zero-order chi connectivity index (χ0) is 15.6. The van der Waals surface area contributed by atoms with Crippen molar-refractivity contribution in [3.05, 3.63) is 65.3 Å². The van der Waals surface area contributed by atoms with Crippen LogP contribution in [0, 0.1) is 0 Å². The minimum absolute atomic E-state index is 0.145. The highest BCUT2D eigenvalue weighted by Gasteiger charge is 2.30. The Labute approximate surface area is 125 Å². The summed E-state index contributed by atoms with van der Waals surface area (Å²) < 4.78 is 37.3. The molecule has 1 aliphatic heterocycles. The fourth-order valence-electron chi connectivity index (χ4n) is 1.86. The van der Waals surface area contributed by atoms with Crippen LogP contribution < -0.4 is 0 Å². The molecule has 0 amide bonds. The molecule has 0 N–H and O–H groups in total. The Morgan fingerprint density at radius 1 is 1.33 bits per heavy atom. The summed E-state index contributed by atoms with van der Waals surface area (Å²) in [6.45, 7) is 4.63. The number of Topliss-reactive ketones (excluding diaryl/α,β-unsaturated/α-hetero) is 1. The van der Waals surface area contributed by atoms with Gasteiger partial charge in [0.1, 0.15) is 0 Å². The van der Waals surface area contributed by atoms with Crippen molar-refractivity contribution in [2.75, 3.05) is 5.75 Å². The molecule has 1 aromatic rings. The first-order chi connectivity index (χ1) is 9.80. The van der Waals surface area contributed by atoms with Gasteiger partial charge in [-0.15, -0.1) is 11.8 Å². The van der Waals surface area contributed by atoms with Gasteiger partial charge in [-0.25, -0.2) is 0 Å². The Bertz CT molecular complexity index is 654. The summed E-state index contributed by atoms with van der Waals surface area (Å²) >= 11 is 1.44. The lowest BCUT2D eigenvalue weighted by atomic mass is 10.00. The number of hydrogen-bond acceptors (Lipinski definition) is 2. The monoisotopic (exact) mass is 310 g/mol. The van der Waals surface area contributed by atoms with E-state index in [1.807, 2.05) is 12.1 Å². The van der Waals surface area contributed by atoms with Crippen molar-refractivity contribution in [3.63, 3.8) is 0 Å². The van der Waals surface area contributed by atoms with E-state index in [2.05, 4.69) is 6.58 Å². The predicted octanol–water partition coefficient (Wildman–Crippen LogP) is 4.97. The molecular formula is C16H13F3OS. The third-order valence-electron chi connectivity index (χ3n) is 3.19. The number of fused-ring (bicyclic) bond motifs is 1. The Morgan fingerprint density at radius 2 is 2.00 bits per heavy atom. The molecule has 2 rings (SSSR count). The number of carbonyl (C=O) groups is 1. The average molecular weight is 310 g/mol. The van der Waals surface area contributed by atoms with E-state index in [4.69, 9.17) is 0 Å². The van der Waals surface area contributed by atoms with Crippen LogP contribution in [0.4, 0.5) is 13.2 Å². The molecule has 0 bridgehead atoms. The van der Waals surface area contributed by atoms with Gasteiger partial charge in [0.2, 0.25) is 0 Å². The minimum Gasteiger partial charge on any atom is -0.289 e. The van der Waals surface area contributed by atoms with Crippen molar-refractivity contribution in [2.45, 2.75) is 18.0 Å². The Morgan fingerprint density at radius 3 is 2.67 bits per heavy atom. The van der Waals surface area contributed by atoms with Crippen LogP contribution in [-0.4, -0.2) is 17.7 Å². The van der Waals surface area contributed by atoms with Gasteiger partial charge in [0.05, 0.1) is 0 Å². The molecule has 0 saturated heterocycles. The maximum atomic E-state index is 12.4. The van der Waals surface area contributed by atoms with Crippen LogP contribution in [0.2, 0.25) is 0 Å². The second-order valence-corrected chi connectivity index (χ2v) is 5.64. The number of carbonyl (C=O) groups excluding carboxylic acids is 1. The molecule has 5 heteroatoms. The molecule has 110 valence electrons. The lowest BCUT2D eigenvalue weighted by Crippen LogP contribution is -2.08. The van der Waals surface area contributed by atoms with Gasteiger partial charge in [-0.3, -0.25) is 4.79 Å². The molecular weight excluding hydrogens is 297 g/mol. The summed E-state index contributed by atoms with van der Waals surface area (Å²) in [4.78, 5) is 13.2. The lowest BCUT2D eigenvalue weighted by molar-refractivity contribution is -0.0878. The minimum atomic E-state index is -4.45. The number of ketones is 1. The fourth-order valence-corrected chi connectivity index (χ4v) is 2.98. The number of allylic oxidation sites excluding steroid dienone is 4. The van der Waals surface area contributed by atoms with E-state index in [1.165, 1.54) is 17.8 Å². The van der Waals surface area contributed by atoms with Gasteiger partial charge in [-0.2, -0.15) is 13.2 Å². The number of halogens is 3. The molecule has 21 heavy (non-hydrogen) atoms. The van der Waals surface area contributed by atoms with Crippen molar-refractivity contribution in [1.82, 2.24) is 0 Å². The summed E-state index contributed by atoms with van der Waals surface area (Å²) in [5.41, 5.74) is 0.727. The number of alkyl halides is 3. The van der Waals surface area contributed by atoms with Crippen molar-refractivity contribution in [2.24, 2.45) is 0 Å². The molecule has 0 aromatic heterocycles. The predicted molar refractivity (Wildman–Crippen MR) is 78.5 cm³/mol.